The molecule has 0 aliphatic rings. The topological polar surface area (TPSA) is 48.4 Å². The maximum atomic E-state index is 12.6. The second kappa shape index (κ2) is 7.82. The van der Waals surface area contributed by atoms with E-state index in [1.165, 1.54) is 16.9 Å². The number of fused-ring (bicyclic) bond motifs is 1. The Balaban J connectivity index is 1.50. The van der Waals surface area contributed by atoms with Crippen molar-refractivity contribution in [3.05, 3.63) is 82.9 Å². The van der Waals surface area contributed by atoms with Crippen molar-refractivity contribution in [1.29, 1.82) is 0 Å². The fourth-order valence-electron chi connectivity index (χ4n) is 2.97. The summed E-state index contributed by atoms with van der Waals surface area (Å²) in [6, 6.07) is 19.7. The monoisotopic (exact) mass is 389 g/mol. The Morgan fingerprint density at radius 2 is 1.75 bits per heavy atom. The minimum atomic E-state index is -0.424. The summed E-state index contributed by atoms with van der Waals surface area (Å²) in [6.45, 7) is 2.18. The molecule has 0 amide bonds. The average Bonchev–Trinajstić information content (AvgIpc) is 3.20. The molecule has 0 fully saturated rings. The van der Waals surface area contributed by atoms with Crippen LogP contribution in [-0.2, 0) is 11.3 Å². The first kappa shape index (κ1) is 18.2. The number of benzene rings is 3. The van der Waals surface area contributed by atoms with Crippen molar-refractivity contribution >= 4 is 28.1 Å². The van der Waals surface area contributed by atoms with Gasteiger partial charge in [0.2, 0.25) is 0 Å². The molecule has 0 saturated carbocycles. The molecule has 28 heavy (non-hydrogen) atoms. The van der Waals surface area contributed by atoms with Crippen LogP contribution in [0.3, 0.4) is 0 Å². The number of aryl methyl sites for hydroxylation is 1. The molecule has 4 nitrogen and oxygen atoms in total. The van der Waals surface area contributed by atoms with E-state index in [1.807, 2.05) is 47.8 Å². The lowest BCUT2D eigenvalue weighted by molar-refractivity contribution is 0.0465. The Morgan fingerprint density at radius 1 is 1.04 bits per heavy atom. The van der Waals surface area contributed by atoms with Crippen molar-refractivity contribution in [2.75, 3.05) is 7.11 Å². The molecule has 0 aliphatic heterocycles. The fourth-order valence-corrected chi connectivity index (χ4v) is 3.78. The number of ether oxygens (including phenoxy) is 2. The summed E-state index contributed by atoms with van der Waals surface area (Å²) in [7, 11) is 1.55. The lowest BCUT2D eigenvalue weighted by atomic mass is 10.1. The highest BCUT2D eigenvalue weighted by atomic mass is 32.1. The van der Waals surface area contributed by atoms with Crippen LogP contribution in [0.1, 0.15) is 21.6 Å². The van der Waals surface area contributed by atoms with E-state index < -0.39 is 5.97 Å². The van der Waals surface area contributed by atoms with Crippen LogP contribution in [0.15, 0.2) is 66.0 Å². The van der Waals surface area contributed by atoms with Crippen molar-refractivity contribution in [3.63, 3.8) is 0 Å². The van der Waals surface area contributed by atoms with Gasteiger partial charge in [-0.05, 0) is 29.8 Å². The summed E-state index contributed by atoms with van der Waals surface area (Å²) in [5, 5.41) is 4.80. The van der Waals surface area contributed by atoms with Gasteiger partial charge in [-0.1, -0.05) is 54.1 Å². The number of hydrogen-bond donors (Lipinski definition) is 0. The third-order valence-electron chi connectivity index (χ3n) is 4.49. The van der Waals surface area contributed by atoms with Gasteiger partial charge in [-0.15, -0.1) is 11.3 Å². The second-order valence-corrected chi connectivity index (χ2v) is 7.34. The molecule has 0 N–H and O–H groups in total. The minimum absolute atomic E-state index is 0.122. The molecule has 1 heterocycles. The molecule has 5 heteroatoms. The number of esters is 1. The van der Waals surface area contributed by atoms with Crippen LogP contribution in [0.4, 0.5) is 0 Å². The summed E-state index contributed by atoms with van der Waals surface area (Å²) in [6.07, 6.45) is 0. The van der Waals surface area contributed by atoms with Crippen molar-refractivity contribution in [1.82, 2.24) is 4.98 Å². The van der Waals surface area contributed by atoms with Gasteiger partial charge in [0.15, 0.2) is 0 Å². The maximum Gasteiger partial charge on any atom is 0.342 e. The van der Waals surface area contributed by atoms with E-state index in [4.69, 9.17) is 9.47 Å². The third-order valence-corrected chi connectivity index (χ3v) is 5.43. The molecule has 3 aromatic carbocycles. The smallest absolute Gasteiger partial charge is 0.342 e. The summed E-state index contributed by atoms with van der Waals surface area (Å²) >= 11 is 1.54. The fraction of sp³-hybridized carbons (Fsp3) is 0.130. The molecule has 1 aromatic heterocycles. The van der Waals surface area contributed by atoms with Gasteiger partial charge in [-0.2, -0.15) is 0 Å². The van der Waals surface area contributed by atoms with Crippen LogP contribution in [0, 0.1) is 6.92 Å². The van der Waals surface area contributed by atoms with Crippen LogP contribution >= 0.6 is 11.3 Å². The minimum Gasteiger partial charge on any atom is -0.496 e. The maximum absolute atomic E-state index is 12.6. The summed E-state index contributed by atoms with van der Waals surface area (Å²) in [4.78, 5) is 17.2. The zero-order valence-electron chi connectivity index (χ0n) is 15.6. The predicted molar refractivity (Wildman–Crippen MR) is 112 cm³/mol. The molecule has 140 valence electrons. The number of rotatable bonds is 5. The van der Waals surface area contributed by atoms with E-state index >= 15 is 0 Å². The Bertz CT molecular complexity index is 1130. The van der Waals surface area contributed by atoms with Gasteiger partial charge >= 0.3 is 5.97 Å². The molecule has 0 saturated heterocycles. The van der Waals surface area contributed by atoms with Crippen LogP contribution in [-0.4, -0.2) is 18.1 Å². The Hall–Kier alpha value is -3.18. The zero-order chi connectivity index (χ0) is 19.5. The van der Waals surface area contributed by atoms with E-state index in [-0.39, 0.29) is 6.61 Å². The first-order chi connectivity index (χ1) is 13.6. The number of thiazole rings is 1. The molecule has 0 bridgehead atoms. The number of aromatic nitrogens is 1. The van der Waals surface area contributed by atoms with E-state index in [0.29, 0.717) is 11.3 Å². The van der Waals surface area contributed by atoms with E-state index in [1.54, 1.807) is 13.2 Å². The molecular formula is C23H19NO3S. The zero-order valence-corrected chi connectivity index (χ0v) is 16.5. The van der Waals surface area contributed by atoms with Gasteiger partial charge in [0.1, 0.15) is 22.9 Å². The van der Waals surface area contributed by atoms with Gasteiger partial charge in [0, 0.05) is 10.9 Å². The van der Waals surface area contributed by atoms with Crippen molar-refractivity contribution < 1.29 is 14.3 Å². The number of nitrogens with zero attached hydrogens (tertiary/aromatic N) is 1. The first-order valence-electron chi connectivity index (χ1n) is 8.89. The Labute approximate surface area is 167 Å². The van der Waals surface area contributed by atoms with E-state index in [0.717, 1.165) is 27.0 Å². The van der Waals surface area contributed by atoms with Crippen molar-refractivity contribution in [2.24, 2.45) is 0 Å². The molecular weight excluding hydrogens is 370 g/mol. The van der Waals surface area contributed by atoms with Crippen molar-refractivity contribution in [2.45, 2.75) is 13.5 Å². The van der Waals surface area contributed by atoms with Gasteiger partial charge in [-0.25, -0.2) is 9.78 Å². The van der Waals surface area contributed by atoms with Gasteiger partial charge in [-0.3, -0.25) is 0 Å². The van der Waals surface area contributed by atoms with Crippen LogP contribution in [0.2, 0.25) is 0 Å². The lowest BCUT2D eigenvalue weighted by Gasteiger charge is -2.10. The summed E-state index contributed by atoms with van der Waals surface area (Å²) in [5.74, 6) is 0.0785. The number of hydrogen-bond acceptors (Lipinski definition) is 5. The normalized spacial score (nSPS) is 10.8. The number of carbonyl (C=O) groups is 1. The molecule has 0 spiro atoms. The van der Waals surface area contributed by atoms with Crippen LogP contribution in [0.25, 0.3) is 21.3 Å². The summed E-state index contributed by atoms with van der Waals surface area (Å²) in [5.41, 5.74) is 3.41. The van der Waals surface area contributed by atoms with Crippen LogP contribution in [0.5, 0.6) is 5.75 Å². The Kier molecular flexibility index (Phi) is 5.08. The Morgan fingerprint density at radius 3 is 2.46 bits per heavy atom. The molecule has 0 atom stereocenters. The molecule has 4 aromatic rings. The number of carbonyl (C=O) groups excluding carboxylic acids is 1. The molecule has 4 rings (SSSR count). The van der Waals surface area contributed by atoms with E-state index in [2.05, 4.69) is 24.0 Å². The largest absolute Gasteiger partial charge is 0.496 e. The quantitative estimate of drug-likeness (QED) is 0.415. The predicted octanol–water partition coefficient (Wildman–Crippen LogP) is 5.64. The molecule has 0 aliphatic carbocycles. The highest BCUT2D eigenvalue weighted by Crippen LogP contribution is 2.28. The lowest BCUT2D eigenvalue weighted by Crippen LogP contribution is -2.07. The van der Waals surface area contributed by atoms with Crippen molar-refractivity contribution in [3.8, 4) is 16.3 Å². The highest BCUT2D eigenvalue weighted by molar-refractivity contribution is 7.13. The third kappa shape index (κ3) is 3.75. The summed E-state index contributed by atoms with van der Waals surface area (Å²) < 4.78 is 10.9. The average molecular weight is 389 g/mol. The second-order valence-electron chi connectivity index (χ2n) is 6.49. The highest BCUT2D eigenvalue weighted by Gasteiger charge is 2.16. The molecule has 0 unspecified atom stereocenters. The van der Waals surface area contributed by atoms with Gasteiger partial charge in [0.05, 0.1) is 12.8 Å². The SMILES string of the molecule is COc1cc2ccccc2cc1C(=O)OCc1csc(-c2ccc(C)cc2)n1. The van der Waals surface area contributed by atoms with E-state index in [9.17, 15) is 4.79 Å². The number of methoxy groups -OCH3 is 1. The standard InChI is InChI=1S/C23H19NO3S/c1-15-7-9-16(10-8-15)22-24-19(14-28-22)13-27-23(25)20-11-17-5-3-4-6-18(17)12-21(20)26-2/h3-12,14H,13H2,1-2H3. The van der Waals surface area contributed by atoms with Gasteiger partial charge in [0.25, 0.3) is 0 Å². The molecule has 0 radical (unpaired) electrons. The van der Waals surface area contributed by atoms with Gasteiger partial charge < -0.3 is 9.47 Å². The van der Waals surface area contributed by atoms with Crippen LogP contribution < -0.4 is 4.74 Å². The first-order valence-corrected chi connectivity index (χ1v) is 9.77.